The summed E-state index contributed by atoms with van der Waals surface area (Å²) in [7, 11) is 0. The third-order valence-corrected chi connectivity index (χ3v) is 2.69. The van der Waals surface area contributed by atoms with E-state index in [1.165, 1.54) is 18.2 Å². The Balaban J connectivity index is 2.41. The highest BCUT2D eigenvalue weighted by Crippen LogP contribution is 2.42. The zero-order valence-electron chi connectivity index (χ0n) is 9.05. The largest absolute Gasteiger partial charge is 0.504 e. The summed E-state index contributed by atoms with van der Waals surface area (Å²) in [5, 5.41) is 40.7. The monoisotopic (exact) mass is 267 g/mol. The minimum atomic E-state index is -0.637. The van der Waals surface area contributed by atoms with Crippen LogP contribution in [-0.4, -0.2) is 20.4 Å². The predicted octanol–water partition coefficient (Wildman–Crippen LogP) is 2.91. The van der Waals surface area contributed by atoms with Crippen molar-refractivity contribution >= 4 is 23.0 Å². The Hall–Kier alpha value is -2.27. The molecular formula is C12H10ClNO4. The Morgan fingerprint density at radius 1 is 0.778 bits per heavy atom. The van der Waals surface area contributed by atoms with Crippen molar-refractivity contribution in [3.63, 3.8) is 0 Å². The van der Waals surface area contributed by atoms with E-state index in [9.17, 15) is 20.4 Å². The number of halogens is 1. The minimum absolute atomic E-state index is 0.128. The quantitative estimate of drug-likeness (QED) is 0.426. The molecule has 0 atom stereocenters. The third-order valence-electron chi connectivity index (χ3n) is 2.39. The molecule has 5 nitrogen and oxygen atoms in total. The summed E-state index contributed by atoms with van der Waals surface area (Å²) in [4.78, 5) is 0. The van der Waals surface area contributed by atoms with E-state index in [0.29, 0.717) is 0 Å². The average molecular weight is 268 g/mol. The molecule has 0 saturated heterocycles. The number of benzene rings is 2. The van der Waals surface area contributed by atoms with Gasteiger partial charge in [-0.3, -0.25) is 0 Å². The second-order valence-electron chi connectivity index (χ2n) is 3.59. The molecule has 0 fully saturated rings. The molecule has 0 saturated carbocycles. The second-order valence-corrected chi connectivity index (χ2v) is 4.00. The number of aromatic hydroxyl groups is 4. The Morgan fingerprint density at radius 3 is 2.17 bits per heavy atom. The van der Waals surface area contributed by atoms with E-state index in [0.717, 1.165) is 0 Å². The number of hydrogen-bond acceptors (Lipinski definition) is 5. The third kappa shape index (κ3) is 2.08. The lowest BCUT2D eigenvalue weighted by Gasteiger charge is -2.12. The molecule has 18 heavy (non-hydrogen) atoms. The molecule has 5 N–H and O–H groups in total. The van der Waals surface area contributed by atoms with Gasteiger partial charge in [-0.05, 0) is 24.3 Å². The molecule has 0 radical (unpaired) electrons. The summed E-state index contributed by atoms with van der Waals surface area (Å²) in [5.74, 6) is -1.77. The molecule has 2 rings (SSSR count). The molecule has 2 aromatic rings. The van der Waals surface area contributed by atoms with Gasteiger partial charge in [-0.2, -0.15) is 0 Å². The number of phenolic OH excluding ortho intramolecular Hbond substituents is 4. The number of nitrogens with one attached hydrogen (secondary N) is 1. The fourth-order valence-electron chi connectivity index (χ4n) is 1.43. The van der Waals surface area contributed by atoms with E-state index < -0.39 is 17.2 Å². The molecule has 0 heterocycles. The van der Waals surface area contributed by atoms with Gasteiger partial charge in [0, 0.05) is 0 Å². The number of para-hydroxylation sites is 1. The smallest absolute Gasteiger partial charge is 0.202 e. The van der Waals surface area contributed by atoms with Crippen LogP contribution >= 0.6 is 11.6 Å². The van der Waals surface area contributed by atoms with Gasteiger partial charge >= 0.3 is 0 Å². The molecule has 0 aliphatic carbocycles. The van der Waals surface area contributed by atoms with E-state index >= 15 is 0 Å². The van der Waals surface area contributed by atoms with E-state index in [4.69, 9.17) is 11.6 Å². The standard InChI is InChI=1S/C12H10ClNO4/c13-6-2-1-3-7(10(6)16)14-8-4-5-9(15)12(18)11(8)17/h1-5,14-18H. The van der Waals surface area contributed by atoms with E-state index in [-0.39, 0.29) is 22.1 Å². The number of rotatable bonds is 2. The van der Waals surface area contributed by atoms with Crippen molar-refractivity contribution in [1.29, 1.82) is 0 Å². The topological polar surface area (TPSA) is 93.0 Å². The maximum absolute atomic E-state index is 9.69. The molecule has 0 aliphatic heterocycles. The van der Waals surface area contributed by atoms with Gasteiger partial charge in [-0.1, -0.05) is 17.7 Å². The fraction of sp³-hybridized carbons (Fsp3) is 0. The van der Waals surface area contributed by atoms with Crippen LogP contribution in [0.1, 0.15) is 0 Å². The van der Waals surface area contributed by atoms with Gasteiger partial charge in [0.05, 0.1) is 16.4 Å². The van der Waals surface area contributed by atoms with Crippen molar-refractivity contribution in [2.24, 2.45) is 0 Å². The first kappa shape index (κ1) is 12.2. The second kappa shape index (κ2) is 4.54. The lowest BCUT2D eigenvalue weighted by Crippen LogP contribution is -1.91. The van der Waals surface area contributed by atoms with E-state index in [1.807, 2.05) is 0 Å². The summed E-state index contributed by atoms with van der Waals surface area (Å²) >= 11 is 5.73. The number of hydrogen-bond donors (Lipinski definition) is 5. The summed E-state index contributed by atoms with van der Waals surface area (Å²) in [6.07, 6.45) is 0. The van der Waals surface area contributed by atoms with Crippen LogP contribution < -0.4 is 5.32 Å². The van der Waals surface area contributed by atoms with Crippen molar-refractivity contribution < 1.29 is 20.4 Å². The molecule has 0 unspecified atom stereocenters. The molecule has 6 heteroatoms. The van der Waals surface area contributed by atoms with Gasteiger partial charge in [-0.25, -0.2) is 0 Å². The van der Waals surface area contributed by atoms with Crippen LogP contribution in [0.25, 0.3) is 0 Å². The van der Waals surface area contributed by atoms with Crippen molar-refractivity contribution in [2.75, 3.05) is 5.32 Å². The summed E-state index contributed by atoms with van der Waals surface area (Å²) in [5.41, 5.74) is 0.394. The van der Waals surface area contributed by atoms with E-state index in [2.05, 4.69) is 5.32 Å². The van der Waals surface area contributed by atoms with Crippen LogP contribution in [0.3, 0.4) is 0 Å². The van der Waals surface area contributed by atoms with Crippen molar-refractivity contribution in [1.82, 2.24) is 0 Å². The molecule has 2 aromatic carbocycles. The summed E-state index contributed by atoms with van der Waals surface area (Å²) < 4.78 is 0. The van der Waals surface area contributed by atoms with Gasteiger partial charge in [-0.15, -0.1) is 0 Å². The SMILES string of the molecule is Oc1ccc(Nc2cccc(Cl)c2O)c(O)c1O. The van der Waals surface area contributed by atoms with Crippen LogP contribution in [-0.2, 0) is 0 Å². The lowest BCUT2D eigenvalue weighted by atomic mass is 10.2. The fourth-order valence-corrected chi connectivity index (χ4v) is 1.61. The first-order valence-corrected chi connectivity index (χ1v) is 5.37. The molecule has 0 amide bonds. The molecule has 0 aliphatic rings. The zero-order valence-corrected chi connectivity index (χ0v) is 9.81. The first-order valence-electron chi connectivity index (χ1n) is 4.99. The summed E-state index contributed by atoms with van der Waals surface area (Å²) in [6, 6.07) is 7.23. The normalized spacial score (nSPS) is 10.3. The molecule has 0 aromatic heterocycles. The van der Waals surface area contributed by atoms with Gasteiger partial charge in [0.2, 0.25) is 5.75 Å². The number of phenols is 4. The highest BCUT2D eigenvalue weighted by molar-refractivity contribution is 6.32. The Labute approximate surface area is 108 Å². The lowest BCUT2D eigenvalue weighted by molar-refractivity contribution is 0.369. The predicted molar refractivity (Wildman–Crippen MR) is 67.8 cm³/mol. The first-order chi connectivity index (χ1) is 8.50. The van der Waals surface area contributed by atoms with Gasteiger partial charge < -0.3 is 25.7 Å². The summed E-state index contributed by atoms with van der Waals surface area (Å²) in [6.45, 7) is 0. The van der Waals surface area contributed by atoms with Gasteiger partial charge in [0.1, 0.15) is 0 Å². The Kier molecular flexibility index (Phi) is 3.08. The Morgan fingerprint density at radius 2 is 1.44 bits per heavy atom. The van der Waals surface area contributed by atoms with Crippen LogP contribution in [0.5, 0.6) is 23.0 Å². The zero-order chi connectivity index (χ0) is 13.3. The molecule has 0 bridgehead atoms. The maximum Gasteiger partial charge on any atom is 0.202 e. The highest BCUT2D eigenvalue weighted by atomic mass is 35.5. The maximum atomic E-state index is 9.69. The van der Waals surface area contributed by atoms with E-state index in [1.54, 1.807) is 12.1 Å². The van der Waals surface area contributed by atoms with Gasteiger partial charge in [0.15, 0.2) is 17.2 Å². The van der Waals surface area contributed by atoms with Crippen molar-refractivity contribution in [3.8, 4) is 23.0 Å². The van der Waals surface area contributed by atoms with Crippen LogP contribution in [0.15, 0.2) is 30.3 Å². The van der Waals surface area contributed by atoms with Crippen molar-refractivity contribution in [2.45, 2.75) is 0 Å². The Bertz CT molecular complexity index is 601. The average Bonchev–Trinajstić information content (AvgIpc) is 2.35. The molecular weight excluding hydrogens is 258 g/mol. The minimum Gasteiger partial charge on any atom is -0.504 e. The number of anilines is 2. The van der Waals surface area contributed by atoms with Crippen molar-refractivity contribution in [3.05, 3.63) is 35.4 Å². The highest BCUT2D eigenvalue weighted by Gasteiger charge is 2.13. The molecule has 0 spiro atoms. The molecule has 94 valence electrons. The van der Waals surface area contributed by atoms with Crippen LogP contribution in [0.2, 0.25) is 5.02 Å². The van der Waals surface area contributed by atoms with Crippen LogP contribution in [0, 0.1) is 0 Å². The van der Waals surface area contributed by atoms with Gasteiger partial charge in [0.25, 0.3) is 0 Å². The van der Waals surface area contributed by atoms with Crippen LogP contribution in [0.4, 0.5) is 11.4 Å².